The van der Waals surface area contributed by atoms with Crippen LogP contribution >= 0.6 is 11.8 Å². The molecule has 0 bridgehead atoms. The van der Waals surface area contributed by atoms with Gasteiger partial charge in [-0.2, -0.15) is 0 Å². The van der Waals surface area contributed by atoms with Crippen LogP contribution in [0.25, 0.3) is 0 Å². The standard InChI is InChI=1S/C13H15NO2S/c15-9-10-2-1-3-12(8-10)17-7-6-13(16)14-11-4-5-11/h1-3,8-9,11H,4-7H2,(H,14,16). The topological polar surface area (TPSA) is 46.2 Å². The monoisotopic (exact) mass is 249 g/mol. The summed E-state index contributed by atoms with van der Waals surface area (Å²) < 4.78 is 0. The van der Waals surface area contributed by atoms with Crippen LogP contribution in [0.1, 0.15) is 29.6 Å². The van der Waals surface area contributed by atoms with Gasteiger partial charge in [0.25, 0.3) is 0 Å². The lowest BCUT2D eigenvalue weighted by Gasteiger charge is -2.03. The van der Waals surface area contributed by atoms with E-state index in [1.807, 2.05) is 18.2 Å². The summed E-state index contributed by atoms with van der Waals surface area (Å²) in [5.74, 6) is 0.882. The highest BCUT2D eigenvalue weighted by Gasteiger charge is 2.22. The number of benzene rings is 1. The number of aldehydes is 1. The van der Waals surface area contributed by atoms with Gasteiger partial charge in [0.15, 0.2) is 0 Å². The summed E-state index contributed by atoms with van der Waals surface area (Å²) in [6.07, 6.45) is 3.62. The fraction of sp³-hybridized carbons (Fsp3) is 0.385. The van der Waals surface area contributed by atoms with Gasteiger partial charge in [-0.3, -0.25) is 9.59 Å². The van der Waals surface area contributed by atoms with E-state index in [1.54, 1.807) is 17.8 Å². The number of nitrogens with one attached hydrogen (secondary N) is 1. The van der Waals surface area contributed by atoms with Crippen LogP contribution in [0, 0.1) is 0 Å². The van der Waals surface area contributed by atoms with E-state index >= 15 is 0 Å². The Morgan fingerprint density at radius 2 is 2.29 bits per heavy atom. The van der Waals surface area contributed by atoms with Gasteiger partial charge in [-0.25, -0.2) is 0 Å². The highest BCUT2D eigenvalue weighted by Crippen LogP contribution is 2.21. The molecule has 90 valence electrons. The normalized spacial score (nSPS) is 14.4. The van der Waals surface area contributed by atoms with Crippen LogP contribution in [-0.2, 0) is 4.79 Å². The Morgan fingerprint density at radius 1 is 1.47 bits per heavy atom. The van der Waals surface area contributed by atoms with Crippen LogP contribution in [0.5, 0.6) is 0 Å². The number of carbonyl (C=O) groups is 2. The predicted octanol–water partition coefficient (Wildman–Crippen LogP) is 2.26. The molecule has 1 amide bonds. The summed E-state index contributed by atoms with van der Waals surface area (Å²) in [7, 11) is 0. The highest BCUT2D eigenvalue weighted by molar-refractivity contribution is 7.99. The van der Waals surface area contributed by atoms with Crippen LogP contribution in [-0.4, -0.2) is 24.0 Å². The van der Waals surface area contributed by atoms with Gasteiger partial charge in [-0.05, 0) is 25.0 Å². The largest absolute Gasteiger partial charge is 0.353 e. The molecule has 1 aromatic carbocycles. The molecule has 2 rings (SSSR count). The quantitative estimate of drug-likeness (QED) is 0.621. The van der Waals surface area contributed by atoms with E-state index in [9.17, 15) is 9.59 Å². The minimum atomic E-state index is 0.131. The maximum absolute atomic E-state index is 11.4. The van der Waals surface area contributed by atoms with Gasteiger partial charge in [0.05, 0.1) is 0 Å². The Morgan fingerprint density at radius 3 is 3.00 bits per heavy atom. The molecule has 1 saturated carbocycles. The molecular formula is C13H15NO2S. The van der Waals surface area contributed by atoms with Crippen LogP contribution < -0.4 is 5.32 Å². The van der Waals surface area contributed by atoms with Crippen LogP contribution in [0.2, 0.25) is 0 Å². The Kier molecular flexibility index (Phi) is 4.20. The molecule has 1 N–H and O–H groups in total. The molecule has 0 unspecified atom stereocenters. The molecule has 0 heterocycles. The molecule has 1 aliphatic carbocycles. The van der Waals surface area contributed by atoms with Crippen molar-refractivity contribution >= 4 is 24.0 Å². The third-order valence-corrected chi connectivity index (χ3v) is 3.53. The molecule has 0 saturated heterocycles. The maximum atomic E-state index is 11.4. The fourth-order valence-corrected chi connectivity index (χ4v) is 2.38. The lowest BCUT2D eigenvalue weighted by Crippen LogP contribution is -2.25. The summed E-state index contributed by atoms with van der Waals surface area (Å²) in [5.41, 5.74) is 0.678. The lowest BCUT2D eigenvalue weighted by molar-refractivity contribution is -0.120. The first kappa shape index (κ1) is 12.2. The smallest absolute Gasteiger partial charge is 0.221 e. The lowest BCUT2D eigenvalue weighted by atomic mass is 10.2. The summed E-state index contributed by atoms with van der Waals surface area (Å²) in [4.78, 5) is 23.1. The van der Waals surface area contributed by atoms with Crippen LogP contribution in [0.3, 0.4) is 0 Å². The Labute approximate surface area is 105 Å². The van der Waals surface area contributed by atoms with Crippen molar-refractivity contribution in [3.8, 4) is 0 Å². The minimum absolute atomic E-state index is 0.131. The van der Waals surface area contributed by atoms with E-state index in [0.29, 0.717) is 18.0 Å². The van der Waals surface area contributed by atoms with Crippen molar-refractivity contribution in [1.82, 2.24) is 5.32 Å². The van der Waals surface area contributed by atoms with E-state index in [4.69, 9.17) is 0 Å². The van der Waals surface area contributed by atoms with E-state index in [1.165, 1.54) is 0 Å². The average molecular weight is 249 g/mol. The van der Waals surface area contributed by atoms with E-state index in [2.05, 4.69) is 5.32 Å². The molecule has 1 aromatic rings. The molecular weight excluding hydrogens is 234 g/mol. The zero-order valence-corrected chi connectivity index (χ0v) is 10.3. The fourth-order valence-electron chi connectivity index (χ4n) is 1.47. The highest BCUT2D eigenvalue weighted by atomic mass is 32.2. The van der Waals surface area contributed by atoms with E-state index in [-0.39, 0.29) is 5.91 Å². The summed E-state index contributed by atoms with van der Waals surface area (Å²) >= 11 is 1.61. The zero-order chi connectivity index (χ0) is 12.1. The number of carbonyl (C=O) groups excluding carboxylic acids is 2. The molecule has 0 atom stereocenters. The van der Waals surface area contributed by atoms with E-state index < -0.39 is 0 Å². The first-order chi connectivity index (χ1) is 8.28. The molecule has 3 nitrogen and oxygen atoms in total. The Bertz CT molecular complexity index is 416. The third kappa shape index (κ3) is 4.23. The van der Waals surface area contributed by atoms with Crippen LogP contribution in [0.4, 0.5) is 0 Å². The third-order valence-electron chi connectivity index (χ3n) is 2.53. The second kappa shape index (κ2) is 5.87. The van der Waals surface area contributed by atoms with Gasteiger partial charge in [-0.1, -0.05) is 12.1 Å². The van der Waals surface area contributed by atoms with Crippen molar-refractivity contribution in [2.24, 2.45) is 0 Å². The molecule has 1 fully saturated rings. The van der Waals surface area contributed by atoms with E-state index in [0.717, 1.165) is 29.8 Å². The summed E-state index contributed by atoms with van der Waals surface area (Å²) in [5, 5.41) is 2.95. The summed E-state index contributed by atoms with van der Waals surface area (Å²) in [6, 6.07) is 7.87. The van der Waals surface area contributed by atoms with Crippen molar-refractivity contribution < 1.29 is 9.59 Å². The van der Waals surface area contributed by atoms with Crippen LogP contribution in [0.15, 0.2) is 29.2 Å². The van der Waals surface area contributed by atoms with Crippen molar-refractivity contribution in [3.63, 3.8) is 0 Å². The number of hydrogen-bond acceptors (Lipinski definition) is 3. The molecule has 0 spiro atoms. The Hall–Kier alpha value is -1.29. The van der Waals surface area contributed by atoms with Crippen molar-refractivity contribution in [1.29, 1.82) is 0 Å². The first-order valence-electron chi connectivity index (χ1n) is 5.75. The number of rotatable bonds is 6. The average Bonchev–Trinajstić information content (AvgIpc) is 3.13. The first-order valence-corrected chi connectivity index (χ1v) is 6.74. The Balaban J connectivity index is 1.72. The molecule has 1 aliphatic rings. The maximum Gasteiger partial charge on any atom is 0.221 e. The zero-order valence-electron chi connectivity index (χ0n) is 9.52. The number of hydrogen-bond donors (Lipinski definition) is 1. The molecule has 0 aromatic heterocycles. The van der Waals surface area contributed by atoms with Gasteiger partial charge in [0.2, 0.25) is 5.91 Å². The number of thioether (sulfide) groups is 1. The molecule has 0 aliphatic heterocycles. The van der Waals surface area contributed by atoms with Gasteiger partial charge in [-0.15, -0.1) is 11.8 Å². The minimum Gasteiger partial charge on any atom is -0.353 e. The summed E-state index contributed by atoms with van der Waals surface area (Å²) in [6.45, 7) is 0. The second-order valence-electron chi connectivity index (χ2n) is 4.13. The van der Waals surface area contributed by atoms with Gasteiger partial charge >= 0.3 is 0 Å². The molecule has 4 heteroatoms. The van der Waals surface area contributed by atoms with Crippen molar-refractivity contribution in [3.05, 3.63) is 29.8 Å². The molecule has 0 radical (unpaired) electrons. The van der Waals surface area contributed by atoms with Crippen molar-refractivity contribution in [2.45, 2.75) is 30.2 Å². The van der Waals surface area contributed by atoms with Gasteiger partial charge in [0.1, 0.15) is 6.29 Å². The van der Waals surface area contributed by atoms with Gasteiger partial charge < -0.3 is 5.32 Å². The second-order valence-corrected chi connectivity index (χ2v) is 5.30. The predicted molar refractivity (Wildman–Crippen MR) is 68.3 cm³/mol. The SMILES string of the molecule is O=Cc1cccc(SCCC(=O)NC2CC2)c1. The van der Waals surface area contributed by atoms with Gasteiger partial charge in [0, 0.05) is 28.7 Å². The molecule has 17 heavy (non-hydrogen) atoms. The number of amides is 1. The van der Waals surface area contributed by atoms with Crippen molar-refractivity contribution in [2.75, 3.05) is 5.75 Å².